The first-order chi connectivity index (χ1) is 10.9. The Morgan fingerprint density at radius 3 is 2.78 bits per heavy atom. The molecule has 1 atom stereocenters. The number of amides is 1. The maximum Gasteiger partial charge on any atom is 0.387 e. The number of ether oxygens (including phenoxy) is 1. The molecular formula is C16H17F2N3O2. The second kappa shape index (κ2) is 7.53. The SMILES string of the molecule is CC(NC(=O)Cc1ccc(N)cn1)c1cccc(OC(F)F)c1. The quantitative estimate of drug-likeness (QED) is 0.857. The fourth-order valence-electron chi connectivity index (χ4n) is 2.04. The maximum absolute atomic E-state index is 12.2. The molecule has 7 heteroatoms. The van der Waals surface area contributed by atoms with Crippen LogP contribution in [0.4, 0.5) is 14.5 Å². The van der Waals surface area contributed by atoms with Gasteiger partial charge in [0.1, 0.15) is 5.75 Å². The predicted octanol–water partition coefficient (Wildman–Crippen LogP) is 2.69. The summed E-state index contributed by atoms with van der Waals surface area (Å²) in [6.07, 6.45) is 1.59. The summed E-state index contributed by atoms with van der Waals surface area (Å²) in [6, 6.07) is 9.22. The molecule has 2 aromatic rings. The van der Waals surface area contributed by atoms with Crippen LogP contribution < -0.4 is 15.8 Å². The van der Waals surface area contributed by atoms with E-state index in [9.17, 15) is 13.6 Å². The molecule has 0 saturated heterocycles. The summed E-state index contributed by atoms with van der Waals surface area (Å²) < 4.78 is 28.8. The third-order valence-electron chi connectivity index (χ3n) is 3.15. The monoisotopic (exact) mass is 321 g/mol. The Kier molecular flexibility index (Phi) is 5.46. The summed E-state index contributed by atoms with van der Waals surface area (Å²) in [6.45, 7) is -1.12. The Morgan fingerprint density at radius 1 is 1.35 bits per heavy atom. The largest absolute Gasteiger partial charge is 0.435 e. The van der Waals surface area contributed by atoms with Crippen LogP contribution in [0.2, 0.25) is 0 Å². The maximum atomic E-state index is 12.2. The highest BCUT2D eigenvalue weighted by molar-refractivity contribution is 5.78. The Balaban J connectivity index is 1.96. The fourth-order valence-corrected chi connectivity index (χ4v) is 2.04. The minimum Gasteiger partial charge on any atom is -0.435 e. The van der Waals surface area contributed by atoms with Crippen LogP contribution in [0.5, 0.6) is 5.75 Å². The number of alkyl halides is 2. The fraction of sp³-hybridized carbons (Fsp3) is 0.250. The molecule has 0 saturated carbocycles. The first-order valence-corrected chi connectivity index (χ1v) is 6.98. The number of halogens is 2. The van der Waals surface area contributed by atoms with Crippen molar-refractivity contribution in [1.82, 2.24) is 10.3 Å². The van der Waals surface area contributed by atoms with Crippen LogP contribution in [0.25, 0.3) is 0 Å². The van der Waals surface area contributed by atoms with Gasteiger partial charge in [0, 0.05) is 5.69 Å². The van der Waals surface area contributed by atoms with Gasteiger partial charge >= 0.3 is 6.61 Å². The average Bonchev–Trinajstić information content (AvgIpc) is 2.49. The van der Waals surface area contributed by atoms with E-state index >= 15 is 0 Å². The van der Waals surface area contributed by atoms with Crippen molar-refractivity contribution in [2.75, 3.05) is 5.73 Å². The van der Waals surface area contributed by atoms with Crippen LogP contribution in [-0.2, 0) is 11.2 Å². The van der Waals surface area contributed by atoms with Gasteiger partial charge in [0.25, 0.3) is 0 Å². The molecule has 1 heterocycles. The van der Waals surface area contributed by atoms with Gasteiger partial charge in [0.2, 0.25) is 5.91 Å². The van der Waals surface area contributed by atoms with Crippen molar-refractivity contribution < 1.29 is 18.3 Å². The molecule has 5 nitrogen and oxygen atoms in total. The minimum absolute atomic E-state index is 0.0544. The Morgan fingerprint density at radius 2 is 2.13 bits per heavy atom. The number of carbonyl (C=O) groups is 1. The summed E-state index contributed by atoms with van der Waals surface area (Å²) in [4.78, 5) is 16.1. The number of aromatic nitrogens is 1. The molecule has 0 bridgehead atoms. The molecule has 122 valence electrons. The van der Waals surface area contributed by atoms with E-state index in [2.05, 4.69) is 15.0 Å². The summed E-state index contributed by atoms with van der Waals surface area (Å²) in [7, 11) is 0. The molecule has 1 aromatic heterocycles. The van der Waals surface area contributed by atoms with Gasteiger partial charge in [0.15, 0.2) is 0 Å². The van der Waals surface area contributed by atoms with Crippen LogP contribution in [0, 0.1) is 0 Å². The molecule has 1 amide bonds. The highest BCUT2D eigenvalue weighted by atomic mass is 19.3. The molecule has 1 aromatic carbocycles. The Hall–Kier alpha value is -2.70. The number of nitrogens with one attached hydrogen (secondary N) is 1. The number of hydrogen-bond acceptors (Lipinski definition) is 4. The van der Waals surface area contributed by atoms with Gasteiger partial charge < -0.3 is 15.8 Å². The van der Waals surface area contributed by atoms with Crippen LogP contribution in [0.15, 0.2) is 42.6 Å². The number of anilines is 1. The summed E-state index contributed by atoms with van der Waals surface area (Å²) in [5.41, 5.74) is 7.33. The number of rotatable bonds is 6. The average molecular weight is 321 g/mol. The van der Waals surface area contributed by atoms with E-state index in [1.165, 1.54) is 18.3 Å². The van der Waals surface area contributed by atoms with E-state index in [1.54, 1.807) is 31.2 Å². The van der Waals surface area contributed by atoms with E-state index in [4.69, 9.17) is 5.73 Å². The van der Waals surface area contributed by atoms with Crippen LogP contribution >= 0.6 is 0 Å². The molecule has 0 fully saturated rings. The van der Waals surface area contributed by atoms with Crippen LogP contribution in [0.3, 0.4) is 0 Å². The standard InChI is InChI=1S/C16H17F2N3O2/c1-10(11-3-2-4-14(7-11)23-16(17)18)21-15(22)8-13-6-5-12(19)9-20-13/h2-7,9-10,16H,8,19H2,1H3,(H,21,22). The van der Waals surface area contributed by atoms with E-state index < -0.39 is 6.61 Å². The molecule has 0 aliphatic carbocycles. The van der Waals surface area contributed by atoms with E-state index in [0.29, 0.717) is 16.9 Å². The molecule has 0 aliphatic heterocycles. The number of carbonyl (C=O) groups excluding carboxylic acids is 1. The minimum atomic E-state index is -2.88. The summed E-state index contributed by atoms with van der Waals surface area (Å²) >= 11 is 0. The van der Waals surface area contributed by atoms with Gasteiger partial charge in [-0.05, 0) is 36.8 Å². The normalized spacial score (nSPS) is 12.0. The molecule has 0 aliphatic rings. The third kappa shape index (κ3) is 5.21. The molecule has 3 N–H and O–H groups in total. The van der Waals surface area contributed by atoms with E-state index in [-0.39, 0.29) is 24.1 Å². The van der Waals surface area contributed by atoms with Crippen LogP contribution in [0.1, 0.15) is 24.2 Å². The lowest BCUT2D eigenvalue weighted by molar-refractivity contribution is -0.121. The van der Waals surface area contributed by atoms with Gasteiger partial charge in [-0.25, -0.2) is 0 Å². The zero-order valence-electron chi connectivity index (χ0n) is 12.5. The molecule has 0 radical (unpaired) electrons. The van der Waals surface area contributed by atoms with Crippen molar-refractivity contribution in [2.24, 2.45) is 0 Å². The molecule has 0 spiro atoms. The van der Waals surface area contributed by atoms with Crippen molar-refractivity contribution in [1.29, 1.82) is 0 Å². The highest BCUT2D eigenvalue weighted by Gasteiger charge is 2.12. The summed E-state index contributed by atoms with van der Waals surface area (Å²) in [5.74, 6) is -0.172. The zero-order chi connectivity index (χ0) is 16.8. The van der Waals surface area contributed by atoms with Gasteiger partial charge in [0.05, 0.1) is 24.3 Å². The second-order valence-electron chi connectivity index (χ2n) is 5.00. The van der Waals surface area contributed by atoms with Gasteiger partial charge in [-0.3, -0.25) is 9.78 Å². The lowest BCUT2D eigenvalue weighted by atomic mass is 10.1. The van der Waals surface area contributed by atoms with Crippen molar-refractivity contribution in [3.63, 3.8) is 0 Å². The Bertz CT molecular complexity index is 663. The van der Waals surface area contributed by atoms with E-state index in [1.807, 2.05) is 0 Å². The van der Waals surface area contributed by atoms with Gasteiger partial charge in [-0.15, -0.1) is 0 Å². The first kappa shape index (κ1) is 16.7. The molecule has 23 heavy (non-hydrogen) atoms. The topological polar surface area (TPSA) is 77.2 Å². The highest BCUT2D eigenvalue weighted by Crippen LogP contribution is 2.20. The van der Waals surface area contributed by atoms with Crippen molar-refractivity contribution in [2.45, 2.75) is 26.0 Å². The zero-order valence-corrected chi connectivity index (χ0v) is 12.5. The molecule has 2 rings (SSSR count). The number of nitrogens with two attached hydrogens (primary N) is 1. The van der Waals surface area contributed by atoms with Gasteiger partial charge in [-0.1, -0.05) is 12.1 Å². The first-order valence-electron chi connectivity index (χ1n) is 6.98. The number of hydrogen-bond donors (Lipinski definition) is 2. The number of benzene rings is 1. The molecule has 1 unspecified atom stereocenters. The third-order valence-corrected chi connectivity index (χ3v) is 3.15. The smallest absolute Gasteiger partial charge is 0.387 e. The van der Waals surface area contributed by atoms with Gasteiger partial charge in [-0.2, -0.15) is 8.78 Å². The summed E-state index contributed by atoms with van der Waals surface area (Å²) in [5, 5.41) is 2.79. The van der Waals surface area contributed by atoms with E-state index in [0.717, 1.165) is 0 Å². The number of pyridine rings is 1. The van der Waals surface area contributed by atoms with Crippen molar-refractivity contribution in [3.8, 4) is 5.75 Å². The molecular weight excluding hydrogens is 304 g/mol. The van der Waals surface area contributed by atoms with Crippen LogP contribution in [-0.4, -0.2) is 17.5 Å². The Labute approximate surface area is 132 Å². The van der Waals surface area contributed by atoms with Crippen molar-refractivity contribution >= 4 is 11.6 Å². The lowest BCUT2D eigenvalue weighted by Crippen LogP contribution is -2.28. The lowest BCUT2D eigenvalue weighted by Gasteiger charge is -2.15. The second-order valence-corrected chi connectivity index (χ2v) is 5.00. The predicted molar refractivity (Wildman–Crippen MR) is 82.0 cm³/mol. The number of nitrogen functional groups attached to an aromatic ring is 1. The number of nitrogens with zero attached hydrogens (tertiary/aromatic N) is 1. The van der Waals surface area contributed by atoms with Crippen molar-refractivity contribution in [3.05, 3.63) is 53.9 Å².